The molecule has 2 heterocycles. The van der Waals surface area contributed by atoms with E-state index in [0.29, 0.717) is 6.42 Å². The highest BCUT2D eigenvalue weighted by Gasteiger charge is 2.62. The summed E-state index contributed by atoms with van der Waals surface area (Å²) in [6, 6.07) is 0. The second kappa shape index (κ2) is 21.2. The Kier molecular flexibility index (Phi) is 18.6. The number of rotatable bonds is 21. The maximum Gasteiger partial charge on any atom is 0.308 e. The van der Waals surface area contributed by atoms with E-state index in [1.165, 1.54) is 0 Å². The predicted molar refractivity (Wildman–Crippen MR) is 176 cm³/mol. The molecule has 2 aliphatic rings. The maximum absolute atomic E-state index is 13.3. The highest BCUT2D eigenvalue weighted by atomic mass is 16.8. The summed E-state index contributed by atoms with van der Waals surface area (Å²) >= 11 is 0. The van der Waals surface area contributed by atoms with Crippen LogP contribution in [-0.4, -0.2) is 119 Å². The van der Waals surface area contributed by atoms with Crippen LogP contribution in [-0.2, 0) is 52.3 Å². The van der Waals surface area contributed by atoms with Gasteiger partial charge in [-0.15, -0.1) is 0 Å². The molecule has 15 nitrogen and oxygen atoms in total. The number of carbonyl (C=O) groups is 4. The Morgan fingerprint density at radius 1 is 0.700 bits per heavy atom. The van der Waals surface area contributed by atoms with E-state index in [4.69, 9.17) is 33.2 Å². The molecule has 0 saturated carbocycles. The van der Waals surface area contributed by atoms with Crippen LogP contribution < -0.4 is 0 Å². The molecule has 0 amide bonds. The number of aliphatic hydroxyl groups is 4. The molecule has 9 atom stereocenters. The number of carbonyl (C=O) groups excluding carboxylic acids is 4. The lowest BCUT2D eigenvalue weighted by Crippen LogP contribution is -2.65. The van der Waals surface area contributed by atoms with E-state index in [9.17, 15) is 39.6 Å². The van der Waals surface area contributed by atoms with Gasteiger partial charge >= 0.3 is 23.9 Å². The molecule has 2 saturated heterocycles. The van der Waals surface area contributed by atoms with E-state index in [-0.39, 0.29) is 18.8 Å². The molecule has 0 bridgehead atoms. The Morgan fingerprint density at radius 3 is 1.78 bits per heavy atom. The first-order valence-corrected chi connectivity index (χ1v) is 18.0. The number of hydrogen-bond acceptors (Lipinski definition) is 15. The van der Waals surface area contributed by atoms with Crippen LogP contribution in [0, 0.1) is 17.8 Å². The zero-order valence-electron chi connectivity index (χ0n) is 30.6. The lowest BCUT2D eigenvalue weighted by molar-refractivity contribution is -0.384. The van der Waals surface area contributed by atoms with Gasteiger partial charge in [-0.25, -0.2) is 0 Å². The summed E-state index contributed by atoms with van der Waals surface area (Å²) in [5.74, 6) is -6.78. The van der Waals surface area contributed by atoms with Crippen LogP contribution in [0.25, 0.3) is 0 Å². The monoisotopic (exact) mass is 720 g/mol. The minimum absolute atomic E-state index is 0.0237. The van der Waals surface area contributed by atoms with E-state index in [1.54, 1.807) is 41.5 Å². The van der Waals surface area contributed by atoms with Crippen molar-refractivity contribution in [1.29, 1.82) is 0 Å². The molecular weight excluding hydrogens is 660 g/mol. The van der Waals surface area contributed by atoms with Crippen LogP contribution in [0.3, 0.4) is 0 Å². The van der Waals surface area contributed by atoms with E-state index in [1.807, 2.05) is 0 Å². The van der Waals surface area contributed by atoms with E-state index < -0.39 is 110 Å². The summed E-state index contributed by atoms with van der Waals surface area (Å²) in [5, 5.41) is 42.0. The summed E-state index contributed by atoms with van der Waals surface area (Å²) in [6.45, 7) is 9.35. The minimum Gasteiger partial charge on any atom is -0.455 e. The minimum atomic E-state index is -2.39. The van der Waals surface area contributed by atoms with Gasteiger partial charge in [-0.1, -0.05) is 87.0 Å². The molecular formula is C35H60O15. The first-order valence-electron chi connectivity index (χ1n) is 18.0. The third kappa shape index (κ3) is 12.4. The molecule has 2 aliphatic heterocycles. The zero-order valence-corrected chi connectivity index (χ0v) is 30.6. The van der Waals surface area contributed by atoms with Gasteiger partial charge in [-0.2, -0.15) is 0 Å². The van der Waals surface area contributed by atoms with Crippen molar-refractivity contribution in [1.82, 2.24) is 0 Å². The van der Waals surface area contributed by atoms with E-state index in [2.05, 4.69) is 6.92 Å². The highest BCUT2D eigenvalue weighted by Crippen LogP contribution is 2.40. The van der Waals surface area contributed by atoms with Crippen LogP contribution in [0.15, 0.2) is 0 Å². The van der Waals surface area contributed by atoms with Gasteiger partial charge in [0.1, 0.15) is 24.9 Å². The van der Waals surface area contributed by atoms with Crippen LogP contribution >= 0.6 is 0 Å². The topological polar surface area (TPSA) is 214 Å². The van der Waals surface area contributed by atoms with Crippen LogP contribution in [0.1, 0.15) is 106 Å². The van der Waals surface area contributed by atoms with Crippen LogP contribution in [0.2, 0.25) is 0 Å². The largest absolute Gasteiger partial charge is 0.455 e. The second-order valence-electron chi connectivity index (χ2n) is 14.1. The first kappa shape index (κ1) is 43.8. The predicted octanol–water partition coefficient (Wildman–Crippen LogP) is 2.31. The van der Waals surface area contributed by atoms with Crippen molar-refractivity contribution >= 4 is 23.9 Å². The third-order valence-corrected chi connectivity index (χ3v) is 8.50. The average molecular weight is 721 g/mol. The zero-order chi connectivity index (χ0) is 37.6. The molecule has 0 aromatic rings. The van der Waals surface area contributed by atoms with Gasteiger partial charge in [-0.05, 0) is 12.3 Å². The molecule has 0 spiro atoms. The number of aliphatic hydroxyl groups excluding tert-OH is 4. The quantitative estimate of drug-likeness (QED) is 0.0761. The molecule has 15 heteroatoms. The van der Waals surface area contributed by atoms with Crippen molar-refractivity contribution in [3.63, 3.8) is 0 Å². The Labute approximate surface area is 295 Å². The van der Waals surface area contributed by atoms with Crippen molar-refractivity contribution in [3.8, 4) is 0 Å². The molecule has 4 N–H and O–H groups in total. The Bertz CT molecular complexity index is 1060. The van der Waals surface area contributed by atoms with Gasteiger partial charge in [0.25, 0.3) is 0 Å². The second-order valence-corrected chi connectivity index (χ2v) is 14.1. The fourth-order valence-electron chi connectivity index (χ4n) is 5.63. The Hall–Kier alpha value is -2.40. The Morgan fingerprint density at radius 2 is 1.26 bits per heavy atom. The van der Waals surface area contributed by atoms with Gasteiger partial charge in [0.2, 0.25) is 12.1 Å². The standard InChI is InChI=1S/C35H60O15/c1-8-9-10-11-12-13-14-15-25(39)45-30-29(48-33(43)22(6)7)28(47-32(42)21(4)5)24(18-37)44-34(30)50-35(19-38)31(27(41)23(17-36)49-35)46-26(40)16-20(2)3/h20-24,27-31,34,36-38,41H,8-19H2,1-7H3/t23-,24-,27+,28+,29+,30+,31+,34+,35+/m0/s1. The van der Waals surface area contributed by atoms with Crippen LogP contribution in [0.4, 0.5) is 0 Å². The van der Waals surface area contributed by atoms with Crippen molar-refractivity contribution in [2.75, 3.05) is 19.8 Å². The molecule has 0 unspecified atom stereocenters. The Balaban J connectivity index is 2.55. The molecule has 0 aromatic carbocycles. The van der Waals surface area contributed by atoms with Gasteiger partial charge in [0.15, 0.2) is 24.4 Å². The average Bonchev–Trinajstić information content (AvgIpc) is 3.32. The summed E-state index contributed by atoms with van der Waals surface area (Å²) in [5.41, 5.74) is 0. The fraction of sp³-hybridized carbons (Fsp3) is 0.886. The summed E-state index contributed by atoms with van der Waals surface area (Å²) in [6.07, 6.45) is -6.26. The lowest BCUT2D eigenvalue weighted by Gasteiger charge is -2.46. The summed E-state index contributed by atoms with van der Waals surface area (Å²) < 4.78 is 40.8. The van der Waals surface area contributed by atoms with Gasteiger partial charge in [0, 0.05) is 12.8 Å². The van der Waals surface area contributed by atoms with Gasteiger partial charge in [0.05, 0.1) is 25.0 Å². The third-order valence-electron chi connectivity index (χ3n) is 8.50. The van der Waals surface area contributed by atoms with Crippen molar-refractivity contribution in [2.45, 2.75) is 161 Å². The number of ether oxygens (including phenoxy) is 7. The van der Waals surface area contributed by atoms with Crippen molar-refractivity contribution in [3.05, 3.63) is 0 Å². The van der Waals surface area contributed by atoms with Crippen molar-refractivity contribution < 1.29 is 72.8 Å². The molecule has 0 radical (unpaired) electrons. The highest BCUT2D eigenvalue weighted by molar-refractivity contribution is 5.73. The molecule has 290 valence electrons. The number of esters is 4. The first-order chi connectivity index (χ1) is 23.6. The maximum atomic E-state index is 13.3. The lowest BCUT2D eigenvalue weighted by atomic mass is 9.97. The molecule has 2 fully saturated rings. The molecule has 2 rings (SSSR count). The summed E-state index contributed by atoms with van der Waals surface area (Å²) in [4.78, 5) is 52.0. The fourth-order valence-corrected chi connectivity index (χ4v) is 5.63. The molecule has 50 heavy (non-hydrogen) atoms. The van der Waals surface area contributed by atoms with Crippen LogP contribution in [0.5, 0.6) is 0 Å². The normalized spacial score (nSPS) is 29.7. The van der Waals surface area contributed by atoms with Crippen molar-refractivity contribution in [2.24, 2.45) is 17.8 Å². The van der Waals surface area contributed by atoms with Gasteiger partial charge in [-0.3, -0.25) is 19.2 Å². The molecule has 0 aromatic heterocycles. The molecule has 0 aliphatic carbocycles. The SMILES string of the molecule is CCCCCCCCCC(=O)O[C@H]1[C@@H](O[C@@]2(CO)O[C@@H](CO)[C@@H](O)[C@H]2OC(=O)CC(C)C)O[C@@H](CO)[C@@H](OC(=O)C(C)C)[C@H]1OC(=O)C(C)C. The van der Waals surface area contributed by atoms with Gasteiger partial charge < -0.3 is 53.6 Å². The summed E-state index contributed by atoms with van der Waals surface area (Å²) in [7, 11) is 0. The smallest absolute Gasteiger partial charge is 0.308 e. The van der Waals surface area contributed by atoms with E-state index in [0.717, 1.165) is 38.5 Å². The number of unbranched alkanes of at least 4 members (excludes halogenated alkanes) is 6. The number of hydrogen-bond donors (Lipinski definition) is 4. The van der Waals surface area contributed by atoms with E-state index >= 15 is 0 Å².